The van der Waals surface area contributed by atoms with Crippen molar-refractivity contribution in [2.75, 3.05) is 14.1 Å². The molecule has 0 saturated carbocycles. The summed E-state index contributed by atoms with van der Waals surface area (Å²) in [6.45, 7) is 2.57. The van der Waals surface area contributed by atoms with E-state index in [0.29, 0.717) is 34.1 Å². The zero-order valence-electron chi connectivity index (χ0n) is 15.4. The van der Waals surface area contributed by atoms with Crippen molar-refractivity contribution < 1.29 is 12.8 Å². The number of hydrogen-bond acceptors (Lipinski definition) is 6. The molecule has 0 aliphatic rings. The van der Waals surface area contributed by atoms with E-state index < -0.39 is 10.0 Å². The first kappa shape index (κ1) is 19.7. The van der Waals surface area contributed by atoms with Crippen LogP contribution in [0.1, 0.15) is 19.1 Å². The van der Waals surface area contributed by atoms with E-state index in [1.807, 2.05) is 25.1 Å². The van der Waals surface area contributed by atoms with Gasteiger partial charge in [0.2, 0.25) is 5.09 Å². The van der Waals surface area contributed by atoms with Gasteiger partial charge in [0, 0.05) is 20.6 Å². The van der Waals surface area contributed by atoms with Crippen LogP contribution in [0.2, 0.25) is 0 Å². The van der Waals surface area contributed by atoms with Crippen molar-refractivity contribution in [2.24, 2.45) is 0 Å². The predicted molar refractivity (Wildman–Crippen MR) is 105 cm³/mol. The van der Waals surface area contributed by atoms with Crippen LogP contribution in [0, 0.1) is 0 Å². The molecular weight excluding hydrogens is 386 g/mol. The highest BCUT2D eigenvalue weighted by molar-refractivity contribution is 7.98. The van der Waals surface area contributed by atoms with Crippen molar-refractivity contribution in [1.29, 1.82) is 0 Å². The Labute approximate surface area is 162 Å². The van der Waals surface area contributed by atoms with E-state index in [2.05, 4.69) is 4.98 Å². The van der Waals surface area contributed by atoms with Crippen LogP contribution >= 0.6 is 11.8 Å². The number of aromatic nitrogens is 2. The minimum atomic E-state index is -3.60. The number of para-hydroxylation sites is 1. The maximum atomic E-state index is 12.8. The van der Waals surface area contributed by atoms with Crippen LogP contribution in [0.15, 0.2) is 55.9 Å². The fourth-order valence-electron chi connectivity index (χ4n) is 2.57. The number of hydrogen-bond donors (Lipinski definition) is 0. The molecule has 0 aliphatic heterocycles. The van der Waals surface area contributed by atoms with Crippen molar-refractivity contribution in [3.63, 3.8) is 0 Å². The normalized spacial score (nSPS) is 12.1. The van der Waals surface area contributed by atoms with Gasteiger partial charge in [-0.2, -0.15) is 0 Å². The lowest BCUT2D eigenvalue weighted by Crippen LogP contribution is -2.23. The Kier molecular flexibility index (Phi) is 5.73. The molecule has 7 nitrogen and oxygen atoms in total. The van der Waals surface area contributed by atoms with Crippen molar-refractivity contribution in [3.8, 4) is 0 Å². The lowest BCUT2D eigenvalue weighted by atomic mass is 10.2. The average Bonchev–Trinajstić information content (AvgIpc) is 3.12. The van der Waals surface area contributed by atoms with E-state index in [-0.39, 0.29) is 10.7 Å². The number of nitrogens with zero attached hydrogens (tertiary/aromatic N) is 3. The molecule has 0 N–H and O–H groups in total. The number of thioether (sulfide) groups is 1. The van der Waals surface area contributed by atoms with Crippen LogP contribution in [-0.2, 0) is 22.3 Å². The number of benzene rings is 1. The fourth-order valence-corrected chi connectivity index (χ4v) is 4.30. The molecule has 1 aromatic carbocycles. The number of sulfonamides is 1. The Morgan fingerprint density at radius 3 is 2.63 bits per heavy atom. The molecule has 0 spiro atoms. The molecular formula is C18H21N3O4S2. The van der Waals surface area contributed by atoms with Crippen LogP contribution in [0.4, 0.5) is 0 Å². The first-order valence-electron chi connectivity index (χ1n) is 8.48. The molecule has 0 fully saturated rings. The Morgan fingerprint density at radius 2 is 1.93 bits per heavy atom. The maximum Gasteiger partial charge on any atom is 0.275 e. The van der Waals surface area contributed by atoms with Gasteiger partial charge < -0.3 is 4.42 Å². The topological polar surface area (TPSA) is 85.4 Å². The molecule has 9 heteroatoms. The van der Waals surface area contributed by atoms with Gasteiger partial charge in [-0.1, -0.05) is 30.8 Å². The van der Waals surface area contributed by atoms with Crippen LogP contribution in [0.25, 0.3) is 10.9 Å². The van der Waals surface area contributed by atoms with Crippen molar-refractivity contribution in [1.82, 2.24) is 13.9 Å². The van der Waals surface area contributed by atoms with Gasteiger partial charge in [0.1, 0.15) is 5.76 Å². The summed E-state index contributed by atoms with van der Waals surface area (Å²) in [5.74, 6) is 0.878. The third-order valence-corrected chi connectivity index (χ3v) is 6.68. The van der Waals surface area contributed by atoms with Gasteiger partial charge in [0.05, 0.1) is 16.7 Å². The molecule has 27 heavy (non-hydrogen) atoms. The van der Waals surface area contributed by atoms with E-state index in [1.54, 1.807) is 16.7 Å². The second-order valence-electron chi connectivity index (χ2n) is 6.17. The van der Waals surface area contributed by atoms with Crippen LogP contribution in [0.3, 0.4) is 0 Å². The van der Waals surface area contributed by atoms with Gasteiger partial charge >= 0.3 is 0 Å². The van der Waals surface area contributed by atoms with Crippen LogP contribution in [-0.4, -0.2) is 36.4 Å². The van der Waals surface area contributed by atoms with E-state index in [9.17, 15) is 13.2 Å². The Balaban J connectivity index is 1.90. The minimum Gasteiger partial charge on any atom is -0.447 e. The van der Waals surface area contributed by atoms with Crippen molar-refractivity contribution in [2.45, 2.75) is 35.9 Å². The molecule has 3 aromatic rings. The molecule has 0 amide bonds. The number of rotatable bonds is 7. The Morgan fingerprint density at radius 1 is 1.19 bits per heavy atom. The summed E-state index contributed by atoms with van der Waals surface area (Å²) < 4.78 is 32.5. The monoisotopic (exact) mass is 407 g/mol. The zero-order chi connectivity index (χ0) is 19.6. The minimum absolute atomic E-state index is 0.0692. The van der Waals surface area contributed by atoms with Gasteiger partial charge in [-0.15, -0.1) is 0 Å². The lowest BCUT2D eigenvalue weighted by Gasteiger charge is -2.11. The Bertz CT molecular complexity index is 1120. The smallest absolute Gasteiger partial charge is 0.275 e. The second kappa shape index (κ2) is 7.87. The summed E-state index contributed by atoms with van der Waals surface area (Å²) in [5, 5.41) is 1.09. The summed E-state index contributed by atoms with van der Waals surface area (Å²) in [7, 11) is -0.699. The quantitative estimate of drug-likeness (QED) is 0.442. The number of fused-ring (bicyclic) bond motifs is 1. The van der Waals surface area contributed by atoms with Gasteiger partial charge in [0.15, 0.2) is 5.16 Å². The first-order chi connectivity index (χ1) is 12.8. The third-order valence-electron chi connectivity index (χ3n) is 3.99. The zero-order valence-corrected chi connectivity index (χ0v) is 17.0. The second-order valence-corrected chi connectivity index (χ2v) is 9.19. The predicted octanol–water partition coefficient (Wildman–Crippen LogP) is 2.94. The van der Waals surface area contributed by atoms with Crippen LogP contribution in [0.5, 0.6) is 0 Å². The summed E-state index contributed by atoms with van der Waals surface area (Å²) in [5.41, 5.74) is 0.577. The summed E-state index contributed by atoms with van der Waals surface area (Å²) in [6.07, 6.45) is 0.805. The molecule has 0 atom stereocenters. The van der Waals surface area contributed by atoms with Crippen molar-refractivity contribution >= 4 is 32.7 Å². The van der Waals surface area contributed by atoms with Crippen LogP contribution < -0.4 is 5.56 Å². The van der Waals surface area contributed by atoms with Crippen molar-refractivity contribution in [3.05, 3.63) is 52.5 Å². The largest absolute Gasteiger partial charge is 0.447 e. The molecule has 144 valence electrons. The summed E-state index contributed by atoms with van der Waals surface area (Å²) >= 11 is 1.35. The standard InChI is InChI=1S/C18H21N3O4S2/c1-4-11-21-17(22)14-7-5-6-8-15(14)19-18(21)26-12-13-9-10-16(25-13)27(23,24)20(2)3/h5-10H,4,11-12H2,1-3H3. The SMILES string of the molecule is CCCn1c(SCc2ccc(S(=O)(=O)N(C)C)o2)nc2ccccc2c1=O. The Hall–Kier alpha value is -2.10. The molecule has 0 bridgehead atoms. The highest BCUT2D eigenvalue weighted by atomic mass is 32.2. The molecule has 2 heterocycles. The van der Waals surface area contributed by atoms with Gasteiger partial charge in [-0.3, -0.25) is 9.36 Å². The van der Waals surface area contributed by atoms with Gasteiger partial charge in [-0.25, -0.2) is 17.7 Å². The van der Waals surface area contributed by atoms with E-state index >= 15 is 0 Å². The van der Waals surface area contributed by atoms with Gasteiger partial charge in [-0.05, 0) is 30.7 Å². The van der Waals surface area contributed by atoms with E-state index in [0.717, 1.165) is 10.7 Å². The molecule has 0 saturated heterocycles. The summed E-state index contributed by atoms with van der Waals surface area (Å²) in [6, 6.07) is 10.3. The molecule has 3 rings (SSSR count). The average molecular weight is 408 g/mol. The highest BCUT2D eigenvalue weighted by Gasteiger charge is 2.21. The fraction of sp³-hybridized carbons (Fsp3) is 0.333. The maximum absolute atomic E-state index is 12.8. The lowest BCUT2D eigenvalue weighted by molar-refractivity contribution is 0.408. The molecule has 0 aliphatic carbocycles. The summed E-state index contributed by atoms with van der Waals surface area (Å²) in [4.78, 5) is 17.4. The number of furan rings is 1. The molecule has 0 radical (unpaired) electrons. The van der Waals surface area contributed by atoms with Gasteiger partial charge in [0.25, 0.3) is 15.6 Å². The third kappa shape index (κ3) is 3.95. The van der Waals surface area contributed by atoms with E-state index in [1.165, 1.54) is 31.9 Å². The van der Waals surface area contributed by atoms with E-state index in [4.69, 9.17) is 4.42 Å². The first-order valence-corrected chi connectivity index (χ1v) is 10.9. The molecule has 0 unspecified atom stereocenters. The molecule has 2 aromatic heterocycles. The highest BCUT2D eigenvalue weighted by Crippen LogP contribution is 2.25.